The van der Waals surface area contributed by atoms with Crippen molar-refractivity contribution in [3.8, 4) is 0 Å². The normalized spacial score (nSPS) is 15.8. The Balaban J connectivity index is 2.02. The van der Waals surface area contributed by atoms with Crippen LogP contribution in [0.3, 0.4) is 0 Å². The summed E-state index contributed by atoms with van der Waals surface area (Å²) in [4.78, 5) is 16.0. The van der Waals surface area contributed by atoms with Crippen LogP contribution in [-0.4, -0.2) is 35.0 Å². The Hall–Kier alpha value is -1.30. The average molecular weight is 297 g/mol. The molecule has 1 saturated carbocycles. The fraction of sp³-hybridized carbons (Fsp3) is 0.571. The highest BCUT2D eigenvalue weighted by molar-refractivity contribution is 8.00. The monoisotopic (exact) mass is 297 g/mol. The first-order chi connectivity index (χ1) is 9.62. The first kappa shape index (κ1) is 15.1. The Morgan fingerprint density at radius 1 is 1.55 bits per heavy atom. The summed E-state index contributed by atoms with van der Waals surface area (Å²) in [5, 5.41) is 5.70. The Labute approximate surface area is 122 Å². The maximum Gasteiger partial charge on any atom is 0.254 e. The average Bonchev–Trinajstić information content (AvgIpc) is 3.24. The molecule has 0 aliphatic heterocycles. The zero-order valence-corrected chi connectivity index (χ0v) is 12.6. The molecular formula is C14H20FN3OS. The zero-order valence-electron chi connectivity index (χ0n) is 11.8. The number of thioether (sulfide) groups is 1. The Morgan fingerprint density at radius 3 is 2.90 bits per heavy atom. The molecule has 1 aliphatic rings. The minimum absolute atomic E-state index is 0.0514. The number of carbonyl (C=O) groups excluding carboxylic acids is 1. The molecule has 2 N–H and O–H groups in total. The standard InChI is InChI=1S/C14H20FN3OS/c1-3-7-16-12-11(15)10(4-8-17-12)13(19)18-9-14(20-2)5-6-14/h4,8H,3,5-7,9H2,1-2H3,(H,16,17)(H,18,19). The van der Waals surface area contributed by atoms with Gasteiger partial charge in [-0.1, -0.05) is 6.92 Å². The van der Waals surface area contributed by atoms with Gasteiger partial charge in [-0.3, -0.25) is 4.79 Å². The van der Waals surface area contributed by atoms with Gasteiger partial charge in [-0.25, -0.2) is 9.37 Å². The fourth-order valence-electron chi connectivity index (χ4n) is 1.91. The quantitative estimate of drug-likeness (QED) is 0.812. The molecule has 0 atom stereocenters. The molecular weight excluding hydrogens is 277 g/mol. The number of pyridine rings is 1. The second-order valence-electron chi connectivity index (χ2n) is 5.02. The predicted octanol–water partition coefficient (Wildman–Crippen LogP) is 2.67. The second kappa shape index (κ2) is 6.43. The first-order valence-electron chi connectivity index (χ1n) is 6.83. The molecule has 0 aromatic carbocycles. The van der Waals surface area contributed by atoms with Crippen LogP contribution in [0.4, 0.5) is 10.2 Å². The maximum atomic E-state index is 14.2. The van der Waals surface area contributed by atoms with E-state index in [0.29, 0.717) is 13.1 Å². The van der Waals surface area contributed by atoms with Crippen molar-refractivity contribution < 1.29 is 9.18 Å². The fourth-order valence-corrected chi connectivity index (χ4v) is 2.64. The van der Waals surface area contributed by atoms with Gasteiger partial charge in [0.05, 0.1) is 5.56 Å². The van der Waals surface area contributed by atoms with E-state index >= 15 is 0 Å². The van der Waals surface area contributed by atoms with Crippen molar-refractivity contribution in [3.63, 3.8) is 0 Å². The van der Waals surface area contributed by atoms with Crippen molar-refractivity contribution in [2.45, 2.75) is 30.9 Å². The molecule has 20 heavy (non-hydrogen) atoms. The summed E-state index contributed by atoms with van der Waals surface area (Å²) in [6.45, 7) is 3.20. The molecule has 1 fully saturated rings. The van der Waals surface area contributed by atoms with Gasteiger partial charge >= 0.3 is 0 Å². The molecule has 1 aromatic heterocycles. The molecule has 1 aliphatic carbocycles. The van der Waals surface area contributed by atoms with Gasteiger partial charge in [0.2, 0.25) is 0 Å². The van der Waals surface area contributed by atoms with Crippen LogP contribution in [-0.2, 0) is 0 Å². The third kappa shape index (κ3) is 3.42. The van der Waals surface area contributed by atoms with E-state index in [4.69, 9.17) is 0 Å². The van der Waals surface area contributed by atoms with E-state index in [9.17, 15) is 9.18 Å². The van der Waals surface area contributed by atoms with Crippen LogP contribution in [0.15, 0.2) is 12.3 Å². The van der Waals surface area contributed by atoms with Crippen LogP contribution in [0.1, 0.15) is 36.5 Å². The third-order valence-electron chi connectivity index (χ3n) is 3.49. The lowest BCUT2D eigenvalue weighted by Gasteiger charge is -2.14. The van der Waals surface area contributed by atoms with Gasteiger partial charge < -0.3 is 10.6 Å². The van der Waals surface area contributed by atoms with E-state index in [-0.39, 0.29) is 22.0 Å². The third-order valence-corrected chi connectivity index (χ3v) is 4.91. The topological polar surface area (TPSA) is 54.0 Å². The number of hydrogen-bond donors (Lipinski definition) is 2. The van der Waals surface area contributed by atoms with E-state index in [2.05, 4.69) is 15.6 Å². The predicted molar refractivity (Wildman–Crippen MR) is 80.8 cm³/mol. The molecule has 6 heteroatoms. The van der Waals surface area contributed by atoms with E-state index < -0.39 is 5.82 Å². The highest BCUT2D eigenvalue weighted by Gasteiger charge is 2.42. The number of aromatic nitrogens is 1. The first-order valence-corrected chi connectivity index (χ1v) is 8.06. The number of hydrogen-bond acceptors (Lipinski definition) is 4. The SMILES string of the molecule is CCCNc1nccc(C(=O)NCC2(SC)CC2)c1F. The van der Waals surface area contributed by atoms with Gasteiger partial charge in [0.25, 0.3) is 5.91 Å². The highest BCUT2D eigenvalue weighted by atomic mass is 32.2. The number of rotatable bonds is 7. The summed E-state index contributed by atoms with van der Waals surface area (Å²) < 4.78 is 14.3. The van der Waals surface area contributed by atoms with Gasteiger partial charge in [0, 0.05) is 24.0 Å². The number of amides is 1. The summed E-state index contributed by atoms with van der Waals surface area (Å²) in [6.07, 6.45) is 6.58. The van der Waals surface area contributed by atoms with Gasteiger partial charge in [0.15, 0.2) is 11.6 Å². The molecule has 1 aromatic rings. The molecule has 0 radical (unpaired) electrons. The van der Waals surface area contributed by atoms with Gasteiger partial charge in [-0.15, -0.1) is 0 Å². The van der Waals surface area contributed by atoms with Crippen molar-refractivity contribution in [2.75, 3.05) is 24.7 Å². The van der Waals surface area contributed by atoms with Crippen molar-refractivity contribution in [1.82, 2.24) is 10.3 Å². The molecule has 110 valence electrons. The molecule has 2 rings (SSSR count). The second-order valence-corrected chi connectivity index (χ2v) is 6.29. The lowest BCUT2D eigenvalue weighted by molar-refractivity contribution is 0.0949. The Kier molecular flexibility index (Phi) is 4.86. The largest absolute Gasteiger partial charge is 0.368 e. The van der Waals surface area contributed by atoms with Gasteiger partial charge in [0.1, 0.15) is 0 Å². The molecule has 0 bridgehead atoms. The summed E-state index contributed by atoms with van der Waals surface area (Å²) in [6, 6.07) is 1.42. The number of nitrogens with one attached hydrogen (secondary N) is 2. The lowest BCUT2D eigenvalue weighted by atomic mass is 10.2. The van der Waals surface area contributed by atoms with E-state index in [1.807, 2.05) is 13.2 Å². The van der Waals surface area contributed by atoms with Crippen molar-refractivity contribution in [2.24, 2.45) is 0 Å². The van der Waals surface area contributed by atoms with Crippen LogP contribution in [0.2, 0.25) is 0 Å². The zero-order chi connectivity index (χ0) is 14.6. The lowest BCUT2D eigenvalue weighted by Crippen LogP contribution is -2.32. The summed E-state index contributed by atoms with van der Waals surface area (Å²) in [5.41, 5.74) is 0.0514. The van der Waals surface area contributed by atoms with E-state index in [0.717, 1.165) is 19.3 Å². The summed E-state index contributed by atoms with van der Waals surface area (Å²) in [7, 11) is 0. The summed E-state index contributed by atoms with van der Waals surface area (Å²) >= 11 is 1.76. The molecule has 1 heterocycles. The number of carbonyl (C=O) groups is 1. The minimum Gasteiger partial charge on any atom is -0.368 e. The van der Waals surface area contributed by atoms with E-state index in [1.165, 1.54) is 12.3 Å². The molecule has 0 spiro atoms. The summed E-state index contributed by atoms with van der Waals surface area (Å²) in [5.74, 6) is -0.803. The van der Waals surface area contributed by atoms with Crippen molar-refractivity contribution >= 4 is 23.5 Å². The van der Waals surface area contributed by atoms with Crippen LogP contribution in [0, 0.1) is 5.82 Å². The van der Waals surface area contributed by atoms with Crippen molar-refractivity contribution in [1.29, 1.82) is 0 Å². The molecule has 1 amide bonds. The molecule has 4 nitrogen and oxygen atoms in total. The Morgan fingerprint density at radius 2 is 2.30 bits per heavy atom. The maximum absolute atomic E-state index is 14.2. The van der Waals surface area contributed by atoms with Crippen LogP contribution >= 0.6 is 11.8 Å². The number of nitrogens with zero attached hydrogens (tertiary/aromatic N) is 1. The molecule has 0 saturated heterocycles. The Bertz CT molecular complexity index is 491. The van der Waals surface area contributed by atoms with E-state index in [1.54, 1.807) is 11.8 Å². The van der Waals surface area contributed by atoms with Crippen LogP contribution in [0.25, 0.3) is 0 Å². The van der Waals surface area contributed by atoms with Crippen LogP contribution < -0.4 is 10.6 Å². The van der Waals surface area contributed by atoms with Crippen LogP contribution in [0.5, 0.6) is 0 Å². The molecule has 0 unspecified atom stereocenters. The smallest absolute Gasteiger partial charge is 0.254 e. The number of anilines is 1. The van der Waals surface area contributed by atoms with Gasteiger partial charge in [-0.2, -0.15) is 11.8 Å². The minimum atomic E-state index is -0.576. The number of halogens is 1. The van der Waals surface area contributed by atoms with Gasteiger partial charge in [-0.05, 0) is 31.6 Å². The van der Waals surface area contributed by atoms with Crippen molar-refractivity contribution in [3.05, 3.63) is 23.6 Å². The highest BCUT2D eigenvalue weighted by Crippen LogP contribution is 2.46.